The summed E-state index contributed by atoms with van der Waals surface area (Å²) in [5.41, 5.74) is 4.14. The molecule has 1 aromatic rings. The van der Waals surface area contributed by atoms with E-state index in [1.54, 1.807) is 0 Å². The lowest BCUT2D eigenvalue weighted by atomic mass is 9.95. The fraction of sp³-hybridized carbons (Fsp3) is 0.308. The van der Waals surface area contributed by atoms with Gasteiger partial charge in [0.25, 0.3) is 0 Å². The van der Waals surface area contributed by atoms with Crippen LogP contribution in [0.3, 0.4) is 0 Å². The molecule has 0 saturated carbocycles. The third kappa shape index (κ3) is 2.46. The minimum absolute atomic E-state index is 0.413. The van der Waals surface area contributed by atoms with Crippen molar-refractivity contribution in [3.8, 4) is 0 Å². The summed E-state index contributed by atoms with van der Waals surface area (Å²) in [5, 5.41) is 9.15. The average molecular weight is 204 g/mol. The third-order valence-electron chi connectivity index (χ3n) is 2.38. The molecule has 0 aliphatic heterocycles. The Kier molecular flexibility index (Phi) is 3.30. The van der Waals surface area contributed by atoms with Gasteiger partial charge in [-0.2, -0.15) is 0 Å². The van der Waals surface area contributed by atoms with Crippen LogP contribution in [0.1, 0.15) is 30.5 Å². The van der Waals surface area contributed by atoms with Crippen LogP contribution in [0.2, 0.25) is 0 Å². The SMILES string of the molecule is CC(C)=C(C(=O)O)c1cc(C)ccc1C. The van der Waals surface area contributed by atoms with Crippen molar-refractivity contribution in [2.75, 3.05) is 0 Å². The van der Waals surface area contributed by atoms with Gasteiger partial charge in [0.15, 0.2) is 0 Å². The van der Waals surface area contributed by atoms with E-state index in [4.69, 9.17) is 5.11 Å². The van der Waals surface area contributed by atoms with Gasteiger partial charge in [-0.25, -0.2) is 4.79 Å². The lowest BCUT2D eigenvalue weighted by Crippen LogP contribution is -2.03. The first-order valence-corrected chi connectivity index (χ1v) is 4.92. The summed E-state index contributed by atoms with van der Waals surface area (Å²) in [6.45, 7) is 7.55. The van der Waals surface area contributed by atoms with Crippen LogP contribution >= 0.6 is 0 Å². The van der Waals surface area contributed by atoms with Crippen molar-refractivity contribution in [2.24, 2.45) is 0 Å². The lowest BCUT2D eigenvalue weighted by Gasteiger charge is -2.09. The molecular formula is C13H16O2. The number of carboxylic acid groups (broad SMARTS) is 1. The molecule has 15 heavy (non-hydrogen) atoms. The van der Waals surface area contributed by atoms with Crippen molar-refractivity contribution in [3.63, 3.8) is 0 Å². The van der Waals surface area contributed by atoms with E-state index in [1.165, 1.54) is 0 Å². The normalized spacial score (nSPS) is 9.87. The average Bonchev–Trinajstić information content (AvgIpc) is 2.10. The zero-order valence-electron chi connectivity index (χ0n) is 9.59. The smallest absolute Gasteiger partial charge is 0.336 e. The van der Waals surface area contributed by atoms with Crippen LogP contribution in [-0.4, -0.2) is 11.1 Å². The van der Waals surface area contributed by atoms with Gasteiger partial charge in [0.2, 0.25) is 0 Å². The number of hydrogen-bond acceptors (Lipinski definition) is 1. The topological polar surface area (TPSA) is 37.3 Å². The van der Waals surface area contributed by atoms with Crippen molar-refractivity contribution < 1.29 is 9.90 Å². The summed E-state index contributed by atoms with van der Waals surface area (Å²) in [5.74, 6) is -0.858. The highest BCUT2D eigenvalue weighted by atomic mass is 16.4. The maximum absolute atomic E-state index is 11.1. The Balaban J connectivity index is 3.43. The molecule has 0 aromatic heterocycles. The second kappa shape index (κ2) is 4.30. The molecule has 0 spiro atoms. The van der Waals surface area contributed by atoms with Gasteiger partial charge in [0.1, 0.15) is 0 Å². The Bertz CT molecular complexity index is 424. The Morgan fingerprint density at radius 2 is 1.80 bits per heavy atom. The van der Waals surface area contributed by atoms with E-state index in [0.717, 1.165) is 22.3 Å². The second-order valence-electron chi connectivity index (χ2n) is 4.00. The van der Waals surface area contributed by atoms with Gasteiger partial charge >= 0.3 is 5.97 Å². The number of hydrogen-bond donors (Lipinski definition) is 1. The lowest BCUT2D eigenvalue weighted by molar-refractivity contribution is -0.130. The third-order valence-corrected chi connectivity index (χ3v) is 2.38. The molecule has 1 N–H and O–H groups in total. The highest BCUT2D eigenvalue weighted by molar-refractivity contribution is 6.16. The molecule has 0 fully saturated rings. The molecule has 80 valence electrons. The second-order valence-corrected chi connectivity index (χ2v) is 4.00. The number of carbonyl (C=O) groups is 1. The predicted octanol–water partition coefficient (Wildman–Crippen LogP) is 3.18. The van der Waals surface area contributed by atoms with Gasteiger partial charge in [-0.15, -0.1) is 0 Å². The number of benzene rings is 1. The van der Waals surface area contributed by atoms with E-state index in [-0.39, 0.29) is 0 Å². The standard InChI is InChI=1S/C13H16O2/c1-8(2)12(13(14)15)11-7-9(3)5-6-10(11)4/h5-7H,1-4H3,(H,14,15). The van der Waals surface area contributed by atoms with Crippen molar-refractivity contribution in [1.29, 1.82) is 0 Å². The minimum atomic E-state index is -0.858. The van der Waals surface area contributed by atoms with Gasteiger partial charge in [-0.3, -0.25) is 0 Å². The first-order chi connectivity index (χ1) is 6.93. The Morgan fingerprint density at radius 3 is 2.27 bits per heavy atom. The Morgan fingerprint density at radius 1 is 1.20 bits per heavy atom. The first kappa shape index (κ1) is 11.5. The number of aryl methyl sites for hydroxylation is 2. The number of rotatable bonds is 2. The summed E-state index contributed by atoms with van der Waals surface area (Å²) >= 11 is 0. The van der Waals surface area contributed by atoms with E-state index in [9.17, 15) is 4.79 Å². The number of aliphatic carboxylic acids is 1. The molecule has 0 bridgehead atoms. The van der Waals surface area contributed by atoms with E-state index in [2.05, 4.69) is 0 Å². The van der Waals surface area contributed by atoms with E-state index < -0.39 is 5.97 Å². The highest BCUT2D eigenvalue weighted by Crippen LogP contribution is 2.23. The van der Waals surface area contributed by atoms with Crippen LogP contribution in [-0.2, 0) is 4.79 Å². The predicted molar refractivity (Wildman–Crippen MR) is 61.8 cm³/mol. The summed E-state index contributed by atoms with van der Waals surface area (Å²) < 4.78 is 0. The van der Waals surface area contributed by atoms with Gasteiger partial charge in [0, 0.05) is 0 Å². The molecule has 0 atom stereocenters. The van der Waals surface area contributed by atoms with E-state index >= 15 is 0 Å². The fourth-order valence-corrected chi connectivity index (χ4v) is 1.60. The number of carboxylic acids is 1. The zero-order valence-corrected chi connectivity index (χ0v) is 9.59. The summed E-state index contributed by atoms with van der Waals surface area (Å²) in [6.07, 6.45) is 0. The van der Waals surface area contributed by atoms with Crippen molar-refractivity contribution >= 4 is 11.5 Å². The number of allylic oxidation sites excluding steroid dienone is 1. The maximum atomic E-state index is 11.1. The quantitative estimate of drug-likeness (QED) is 0.751. The van der Waals surface area contributed by atoms with E-state index in [1.807, 2.05) is 45.9 Å². The van der Waals surface area contributed by atoms with Crippen molar-refractivity contribution in [3.05, 3.63) is 40.5 Å². The molecule has 1 aromatic carbocycles. The first-order valence-electron chi connectivity index (χ1n) is 4.92. The minimum Gasteiger partial charge on any atom is -0.478 e. The van der Waals surface area contributed by atoms with Gasteiger partial charge in [-0.1, -0.05) is 29.3 Å². The van der Waals surface area contributed by atoms with E-state index in [0.29, 0.717) is 5.57 Å². The zero-order chi connectivity index (χ0) is 11.6. The molecule has 0 radical (unpaired) electrons. The van der Waals surface area contributed by atoms with Crippen LogP contribution in [0.4, 0.5) is 0 Å². The molecule has 1 rings (SSSR count). The van der Waals surface area contributed by atoms with Gasteiger partial charge in [-0.05, 0) is 38.8 Å². The van der Waals surface area contributed by atoms with Crippen LogP contribution in [0.25, 0.3) is 5.57 Å². The molecule has 0 aliphatic carbocycles. The van der Waals surface area contributed by atoms with Crippen molar-refractivity contribution in [1.82, 2.24) is 0 Å². The highest BCUT2D eigenvalue weighted by Gasteiger charge is 2.14. The molecule has 2 heteroatoms. The molecule has 0 amide bonds. The van der Waals surface area contributed by atoms with Crippen LogP contribution in [0, 0.1) is 13.8 Å². The Labute approximate surface area is 90.3 Å². The Hall–Kier alpha value is -1.57. The van der Waals surface area contributed by atoms with Crippen LogP contribution < -0.4 is 0 Å². The fourth-order valence-electron chi connectivity index (χ4n) is 1.60. The molecule has 0 unspecified atom stereocenters. The molecular weight excluding hydrogens is 188 g/mol. The summed E-state index contributed by atoms with van der Waals surface area (Å²) in [4.78, 5) is 11.1. The summed E-state index contributed by atoms with van der Waals surface area (Å²) in [6, 6.07) is 5.87. The van der Waals surface area contributed by atoms with Crippen LogP contribution in [0.5, 0.6) is 0 Å². The molecule has 0 heterocycles. The largest absolute Gasteiger partial charge is 0.478 e. The molecule has 0 saturated heterocycles. The molecule has 0 aliphatic rings. The van der Waals surface area contributed by atoms with Crippen molar-refractivity contribution in [2.45, 2.75) is 27.7 Å². The monoisotopic (exact) mass is 204 g/mol. The summed E-state index contributed by atoms with van der Waals surface area (Å²) in [7, 11) is 0. The van der Waals surface area contributed by atoms with Gasteiger partial charge < -0.3 is 5.11 Å². The van der Waals surface area contributed by atoms with Gasteiger partial charge in [0.05, 0.1) is 5.57 Å². The van der Waals surface area contributed by atoms with Crippen LogP contribution in [0.15, 0.2) is 23.8 Å². The molecule has 2 nitrogen and oxygen atoms in total. The maximum Gasteiger partial charge on any atom is 0.336 e.